The van der Waals surface area contributed by atoms with Crippen LogP contribution in [0.2, 0.25) is 0 Å². The highest BCUT2D eigenvalue weighted by Crippen LogP contribution is 2.27. The summed E-state index contributed by atoms with van der Waals surface area (Å²) in [5.41, 5.74) is 4.50. The summed E-state index contributed by atoms with van der Waals surface area (Å²) in [6.07, 6.45) is 5.73. The summed E-state index contributed by atoms with van der Waals surface area (Å²) in [6, 6.07) is 6.16. The smallest absolute Gasteiger partial charge is 0.107 e. The zero-order valence-electron chi connectivity index (χ0n) is 11.5. The number of aromatic nitrogens is 3. The van der Waals surface area contributed by atoms with Gasteiger partial charge in [-0.15, -0.1) is 11.3 Å². The summed E-state index contributed by atoms with van der Waals surface area (Å²) in [5, 5.41) is 10.1. The molecule has 0 aliphatic rings. The molecule has 0 atom stereocenters. The molecule has 20 heavy (non-hydrogen) atoms. The molecule has 0 aliphatic carbocycles. The van der Waals surface area contributed by atoms with Gasteiger partial charge in [0.15, 0.2) is 0 Å². The molecule has 0 saturated carbocycles. The summed E-state index contributed by atoms with van der Waals surface area (Å²) in [6.45, 7) is 2.82. The van der Waals surface area contributed by atoms with Crippen molar-refractivity contribution in [1.82, 2.24) is 14.8 Å². The Bertz CT molecular complexity index is 700. The van der Waals surface area contributed by atoms with Crippen molar-refractivity contribution in [3.05, 3.63) is 53.3 Å². The van der Waals surface area contributed by atoms with Gasteiger partial charge in [0.2, 0.25) is 0 Å². The fourth-order valence-electron chi connectivity index (χ4n) is 2.13. The lowest BCUT2D eigenvalue weighted by atomic mass is 10.2. The van der Waals surface area contributed by atoms with Crippen LogP contribution in [0.5, 0.6) is 0 Å². The van der Waals surface area contributed by atoms with Crippen LogP contribution in [0.25, 0.3) is 10.6 Å². The Labute approximate surface area is 122 Å². The first-order chi connectivity index (χ1) is 9.74. The molecule has 0 saturated heterocycles. The van der Waals surface area contributed by atoms with Crippen LogP contribution in [0.3, 0.4) is 0 Å². The Morgan fingerprint density at radius 2 is 2.25 bits per heavy atom. The Balaban J connectivity index is 1.83. The molecule has 0 amide bonds. The first kappa shape index (κ1) is 12.9. The minimum absolute atomic E-state index is 0.744. The molecule has 3 aromatic rings. The number of thiophene rings is 1. The fraction of sp³-hybridized carbons (Fsp3) is 0.200. The van der Waals surface area contributed by atoms with Crippen LogP contribution >= 0.6 is 11.3 Å². The fourth-order valence-corrected chi connectivity index (χ4v) is 2.87. The van der Waals surface area contributed by atoms with E-state index in [1.54, 1.807) is 11.3 Å². The van der Waals surface area contributed by atoms with E-state index < -0.39 is 0 Å². The van der Waals surface area contributed by atoms with Crippen molar-refractivity contribution in [2.45, 2.75) is 13.5 Å². The van der Waals surface area contributed by atoms with Crippen LogP contribution in [0.15, 0.2) is 42.2 Å². The van der Waals surface area contributed by atoms with E-state index in [0.717, 1.165) is 17.9 Å². The van der Waals surface area contributed by atoms with Crippen molar-refractivity contribution in [3.8, 4) is 10.6 Å². The van der Waals surface area contributed by atoms with E-state index in [1.807, 2.05) is 30.2 Å². The quantitative estimate of drug-likeness (QED) is 0.797. The molecule has 0 aromatic carbocycles. The monoisotopic (exact) mass is 284 g/mol. The maximum Gasteiger partial charge on any atom is 0.107 e. The summed E-state index contributed by atoms with van der Waals surface area (Å²) in [7, 11) is 1.95. The third kappa shape index (κ3) is 2.58. The highest BCUT2D eigenvalue weighted by atomic mass is 32.1. The highest BCUT2D eigenvalue weighted by Gasteiger charge is 2.11. The van der Waals surface area contributed by atoms with E-state index in [1.165, 1.54) is 16.0 Å². The Morgan fingerprint density at radius 1 is 1.35 bits per heavy atom. The van der Waals surface area contributed by atoms with Gasteiger partial charge in [0.1, 0.15) is 5.69 Å². The zero-order valence-corrected chi connectivity index (χ0v) is 12.3. The molecule has 0 unspecified atom stereocenters. The van der Waals surface area contributed by atoms with Crippen LogP contribution in [-0.2, 0) is 13.6 Å². The lowest BCUT2D eigenvalue weighted by Gasteiger charge is -2.08. The number of anilines is 1. The molecule has 4 nitrogen and oxygen atoms in total. The molecule has 0 aliphatic heterocycles. The lowest BCUT2D eigenvalue weighted by molar-refractivity contribution is 0.770. The molecular weight excluding hydrogens is 268 g/mol. The number of nitrogens with zero attached hydrogens (tertiary/aromatic N) is 3. The summed E-state index contributed by atoms with van der Waals surface area (Å²) in [5.74, 6) is 0. The number of rotatable bonds is 4. The van der Waals surface area contributed by atoms with Crippen LogP contribution in [-0.4, -0.2) is 14.8 Å². The first-order valence-corrected chi connectivity index (χ1v) is 7.33. The SMILES string of the molecule is Cc1ccncc1NCc1cn(C)nc1-c1cccs1. The van der Waals surface area contributed by atoms with Crippen molar-refractivity contribution in [2.24, 2.45) is 7.05 Å². The standard InChI is InChI=1S/C15H16N4S/c1-11-5-6-16-9-13(11)17-8-12-10-19(2)18-15(12)14-4-3-7-20-14/h3-7,9-10,17H,8H2,1-2H3. The Hall–Kier alpha value is -2.14. The normalized spacial score (nSPS) is 10.7. The number of aryl methyl sites for hydroxylation is 2. The van der Waals surface area contributed by atoms with Gasteiger partial charge in [0.25, 0.3) is 0 Å². The van der Waals surface area contributed by atoms with E-state index in [2.05, 4.69) is 46.0 Å². The number of hydrogen-bond donors (Lipinski definition) is 1. The highest BCUT2D eigenvalue weighted by molar-refractivity contribution is 7.13. The summed E-state index contributed by atoms with van der Waals surface area (Å²) >= 11 is 1.71. The van der Waals surface area contributed by atoms with E-state index in [-0.39, 0.29) is 0 Å². The first-order valence-electron chi connectivity index (χ1n) is 6.45. The maximum absolute atomic E-state index is 4.56. The average Bonchev–Trinajstić information content (AvgIpc) is 3.07. The molecule has 1 N–H and O–H groups in total. The molecule has 102 valence electrons. The van der Waals surface area contributed by atoms with Gasteiger partial charge < -0.3 is 5.32 Å². The second-order valence-corrected chi connectivity index (χ2v) is 5.65. The Kier molecular flexibility index (Phi) is 3.52. The zero-order chi connectivity index (χ0) is 13.9. The predicted molar refractivity (Wildman–Crippen MR) is 82.8 cm³/mol. The number of pyridine rings is 1. The summed E-state index contributed by atoms with van der Waals surface area (Å²) in [4.78, 5) is 5.35. The van der Waals surface area contributed by atoms with Crippen LogP contribution in [0, 0.1) is 6.92 Å². The van der Waals surface area contributed by atoms with E-state index in [4.69, 9.17) is 0 Å². The molecule has 3 aromatic heterocycles. The van der Waals surface area contributed by atoms with E-state index in [0.29, 0.717) is 0 Å². The third-order valence-electron chi connectivity index (χ3n) is 3.17. The summed E-state index contributed by atoms with van der Waals surface area (Å²) < 4.78 is 1.86. The molecule has 3 heterocycles. The maximum atomic E-state index is 4.56. The van der Waals surface area contributed by atoms with E-state index in [9.17, 15) is 0 Å². The minimum atomic E-state index is 0.744. The van der Waals surface area contributed by atoms with Crippen molar-refractivity contribution < 1.29 is 0 Å². The van der Waals surface area contributed by atoms with Crippen LogP contribution in [0.1, 0.15) is 11.1 Å². The van der Waals surface area contributed by atoms with Gasteiger partial charge in [-0.2, -0.15) is 5.10 Å². The van der Waals surface area contributed by atoms with Crippen LogP contribution in [0.4, 0.5) is 5.69 Å². The van der Waals surface area contributed by atoms with Gasteiger partial charge in [-0.1, -0.05) is 6.07 Å². The van der Waals surface area contributed by atoms with Crippen LogP contribution < -0.4 is 5.32 Å². The van der Waals surface area contributed by atoms with Crippen molar-refractivity contribution in [1.29, 1.82) is 0 Å². The van der Waals surface area contributed by atoms with Gasteiger partial charge in [0.05, 0.1) is 16.8 Å². The largest absolute Gasteiger partial charge is 0.379 e. The van der Waals surface area contributed by atoms with Gasteiger partial charge in [-0.25, -0.2) is 0 Å². The molecule has 0 fully saturated rings. The molecule has 0 bridgehead atoms. The number of nitrogens with one attached hydrogen (secondary N) is 1. The molecule has 0 spiro atoms. The second kappa shape index (κ2) is 5.46. The number of hydrogen-bond acceptors (Lipinski definition) is 4. The van der Waals surface area contributed by atoms with Crippen molar-refractivity contribution >= 4 is 17.0 Å². The van der Waals surface area contributed by atoms with Gasteiger partial charge in [-0.3, -0.25) is 9.67 Å². The van der Waals surface area contributed by atoms with Crippen molar-refractivity contribution in [3.63, 3.8) is 0 Å². The third-order valence-corrected chi connectivity index (χ3v) is 4.04. The Morgan fingerprint density at radius 3 is 3.00 bits per heavy atom. The molecule has 0 radical (unpaired) electrons. The van der Waals surface area contributed by atoms with Gasteiger partial charge in [-0.05, 0) is 30.0 Å². The van der Waals surface area contributed by atoms with Crippen molar-refractivity contribution in [2.75, 3.05) is 5.32 Å². The van der Waals surface area contributed by atoms with Gasteiger partial charge >= 0.3 is 0 Å². The minimum Gasteiger partial charge on any atom is -0.379 e. The average molecular weight is 284 g/mol. The van der Waals surface area contributed by atoms with Gasteiger partial charge in [0, 0.05) is 31.5 Å². The van der Waals surface area contributed by atoms with E-state index >= 15 is 0 Å². The molecule has 3 rings (SSSR count). The lowest BCUT2D eigenvalue weighted by Crippen LogP contribution is -2.01. The molecular formula is C15H16N4S. The molecule has 5 heteroatoms. The second-order valence-electron chi connectivity index (χ2n) is 4.70. The predicted octanol–water partition coefficient (Wildman–Crippen LogP) is 3.46. The topological polar surface area (TPSA) is 42.7 Å².